The Hall–Kier alpha value is -3.25. The first-order valence-corrected chi connectivity index (χ1v) is 11.7. The Kier molecular flexibility index (Phi) is 6.81. The highest BCUT2D eigenvalue weighted by Gasteiger charge is 2.23. The van der Waals surface area contributed by atoms with Crippen molar-refractivity contribution in [2.45, 2.75) is 40.2 Å². The average molecular weight is 446 g/mol. The number of amides is 1. The van der Waals surface area contributed by atoms with E-state index in [1.54, 1.807) is 22.4 Å². The first kappa shape index (κ1) is 22.0. The second-order valence-corrected chi connectivity index (χ2v) is 8.79. The van der Waals surface area contributed by atoms with Crippen molar-refractivity contribution in [2.75, 3.05) is 11.5 Å². The lowest BCUT2D eigenvalue weighted by Crippen LogP contribution is -2.30. The molecule has 1 amide bonds. The highest BCUT2D eigenvalue weighted by Crippen LogP contribution is 2.34. The molecule has 6 heteroatoms. The smallest absolute Gasteiger partial charge is 0.260 e. The number of hydrogen-bond acceptors (Lipinski definition) is 5. The molecule has 164 valence electrons. The van der Waals surface area contributed by atoms with E-state index in [9.17, 15) is 4.79 Å². The second kappa shape index (κ2) is 9.92. The maximum absolute atomic E-state index is 13.7. The number of hydrogen-bond donors (Lipinski definition) is 0. The average Bonchev–Trinajstić information content (AvgIpc) is 3.27. The largest absolute Gasteiger partial charge is 0.494 e. The van der Waals surface area contributed by atoms with Gasteiger partial charge in [-0.25, -0.2) is 4.98 Å². The fourth-order valence-corrected chi connectivity index (χ4v) is 4.56. The van der Waals surface area contributed by atoms with Crippen LogP contribution in [0.15, 0.2) is 60.8 Å². The van der Waals surface area contributed by atoms with E-state index in [0.717, 1.165) is 39.9 Å². The lowest BCUT2D eigenvalue weighted by molar-refractivity contribution is 0.0984. The summed E-state index contributed by atoms with van der Waals surface area (Å²) in [5, 5.41) is 0.672. The van der Waals surface area contributed by atoms with Crippen LogP contribution in [-0.2, 0) is 6.54 Å². The molecule has 0 fully saturated rings. The zero-order valence-electron chi connectivity index (χ0n) is 18.7. The van der Waals surface area contributed by atoms with Gasteiger partial charge >= 0.3 is 0 Å². The molecule has 0 aliphatic heterocycles. The summed E-state index contributed by atoms with van der Waals surface area (Å²) in [4.78, 5) is 24.7. The van der Waals surface area contributed by atoms with Crippen LogP contribution in [-0.4, -0.2) is 22.5 Å². The summed E-state index contributed by atoms with van der Waals surface area (Å²) < 4.78 is 6.93. The zero-order chi connectivity index (χ0) is 22.5. The summed E-state index contributed by atoms with van der Waals surface area (Å²) >= 11 is 1.54. The summed E-state index contributed by atoms with van der Waals surface area (Å²) in [5.74, 6) is 0.587. The van der Waals surface area contributed by atoms with E-state index >= 15 is 0 Å². The minimum Gasteiger partial charge on any atom is -0.494 e. The van der Waals surface area contributed by atoms with Crippen molar-refractivity contribution < 1.29 is 9.53 Å². The van der Waals surface area contributed by atoms with Crippen LogP contribution in [0.5, 0.6) is 5.75 Å². The number of ether oxygens (including phenoxy) is 1. The van der Waals surface area contributed by atoms with Crippen LogP contribution < -0.4 is 9.64 Å². The van der Waals surface area contributed by atoms with Crippen LogP contribution in [0.1, 0.15) is 46.9 Å². The Balaban J connectivity index is 1.72. The number of carbonyl (C=O) groups is 1. The van der Waals surface area contributed by atoms with Crippen LogP contribution in [0.25, 0.3) is 10.2 Å². The Labute approximate surface area is 192 Å². The molecular weight excluding hydrogens is 418 g/mol. The minimum atomic E-state index is -0.119. The molecule has 0 atom stereocenters. The quantitative estimate of drug-likeness (QED) is 0.297. The molecule has 0 spiro atoms. The molecule has 0 radical (unpaired) electrons. The van der Waals surface area contributed by atoms with Crippen molar-refractivity contribution >= 4 is 32.6 Å². The number of anilines is 1. The number of fused-ring (bicyclic) bond motifs is 1. The van der Waals surface area contributed by atoms with Gasteiger partial charge in [0.1, 0.15) is 5.75 Å². The molecule has 32 heavy (non-hydrogen) atoms. The first-order valence-electron chi connectivity index (χ1n) is 10.9. The minimum absolute atomic E-state index is 0.119. The van der Waals surface area contributed by atoms with E-state index in [-0.39, 0.29) is 5.91 Å². The number of aromatic nitrogens is 2. The third-order valence-corrected chi connectivity index (χ3v) is 6.51. The van der Waals surface area contributed by atoms with Gasteiger partial charge in [0.05, 0.1) is 29.1 Å². The van der Waals surface area contributed by atoms with Crippen LogP contribution in [0.2, 0.25) is 0 Å². The second-order valence-electron chi connectivity index (χ2n) is 7.82. The number of pyridine rings is 1. The number of carbonyl (C=O) groups excluding carboxylic acids is 1. The SMILES string of the molecule is CCCCOc1cccc(C(=O)N(Cc2ccccn2)c2nc3c(C)ccc(C)c3s2)c1. The van der Waals surface area contributed by atoms with Gasteiger partial charge in [-0.3, -0.25) is 14.7 Å². The molecule has 2 aromatic heterocycles. The van der Waals surface area contributed by atoms with Crippen molar-refractivity contribution in [1.82, 2.24) is 9.97 Å². The van der Waals surface area contributed by atoms with Crippen LogP contribution in [0, 0.1) is 13.8 Å². The lowest BCUT2D eigenvalue weighted by atomic mass is 10.1. The Morgan fingerprint density at radius 1 is 1.06 bits per heavy atom. The van der Waals surface area contributed by atoms with Gasteiger partial charge in [0, 0.05) is 11.8 Å². The highest BCUT2D eigenvalue weighted by molar-refractivity contribution is 7.22. The van der Waals surface area contributed by atoms with Crippen molar-refractivity contribution in [2.24, 2.45) is 0 Å². The van der Waals surface area contributed by atoms with Gasteiger partial charge in [0.25, 0.3) is 5.91 Å². The maximum atomic E-state index is 13.7. The molecule has 0 bridgehead atoms. The first-order chi connectivity index (χ1) is 15.6. The summed E-state index contributed by atoms with van der Waals surface area (Å²) in [6.45, 7) is 7.24. The number of thiazole rings is 1. The predicted octanol–water partition coefficient (Wildman–Crippen LogP) is 6.33. The number of benzene rings is 2. The normalized spacial score (nSPS) is 11.0. The van der Waals surface area contributed by atoms with E-state index in [0.29, 0.717) is 29.6 Å². The molecule has 5 nitrogen and oxygen atoms in total. The van der Waals surface area contributed by atoms with Gasteiger partial charge in [-0.1, -0.05) is 48.9 Å². The summed E-state index contributed by atoms with van der Waals surface area (Å²) in [6.07, 6.45) is 3.79. The summed E-state index contributed by atoms with van der Waals surface area (Å²) in [5.41, 5.74) is 4.59. The third kappa shape index (κ3) is 4.81. The molecule has 4 aromatic rings. The van der Waals surface area contributed by atoms with Gasteiger partial charge in [-0.15, -0.1) is 0 Å². The number of aryl methyl sites for hydroxylation is 2. The molecule has 0 N–H and O–H groups in total. The predicted molar refractivity (Wildman–Crippen MR) is 131 cm³/mol. The fourth-order valence-electron chi connectivity index (χ4n) is 3.45. The Morgan fingerprint density at radius 2 is 1.91 bits per heavy atom. The van der Waals surface area contributed by atoms with E-state index in [4.69, 9.17) is 9.72 Å². The molecule has 0 saturated heterocycles. The van der Waals surface area contributed by atoms with Gasteiger partial charge in [0.15, 0.2) is 5.13 Å². The highest BCUT2D eigenvalue weighted by atomic mass is 32.1. The standard InChI is InChI=1S/C26H27N3O2S/c1-4-5-15-31-22-11-8-9-20(16-22)25(30)29(17-21-10-6-7-14-27-21)26-28-23-18(2)12-13-19(3)24(23)32-26/h6-14,16H,4-5,15,17H2,1-3H3. The number of rotatable bonds is 8. The lowest BCUT2D eigenvalue weighted by Gasteiger charge is -2.20. The molecule has 0 aliphatic rings. The van der Waals surface area contributed by atoms with Gasteiger partial charge < -0.3 is 4.74 Å². The molecule has 2 heterocycles. The topological polar surface area (TPSA) is 55.3 Å². The molecule has 0 aliphatic carbocycles. The van der Waals surface area contributed by atoms with Crippen molar-refractivity contribution in [1.29, 1.82) is 0 Å². The van der Waals surface area contributed by atoms with E-state index < -0.39 is 0 Å². The van der Waals surface area contributed by atoms with Gasteiger partial charge in [0.2, 0.25) is 0 Å². The summed E-state index contributed by atoms with van der Waals surface area (Å²) in [7, 11) is 0. The van der Waals surface area contributed by atoms with Crippen LogP contribution >= 0.6 is 11.3 Å². The Morgan fingerprint density at radius 3 is 2.66 bits per heavy atom. The monoisotopic (exact) mass is 445 g/mol. The van der Waals surface area contributed by atoms with Crippen molar-refractivity contribution in [3.8, 4) is 5.75 Å². The fraction of sp³-hybridized carbons (Fsp3) is 0.269. The molecule has 2 aromatic carbocycles. The zero-order valence-corrected chi connectivity index (χ0v) is 19.5. The number of unbranched alkanes of at least 4 members (excludes halogenated alkanes) is 1. The van der Waals surface area contributed by atoms with Crippen LogP contribution in [0.4, 0.5) is 5.13 Å². The van der Waals surface area contributed by atoms with Crippen molar-refractivity contribution in [3.05, 3.63) is 83.2 Å². The molecule has 0 saturated carbocycles. The number of nitrogens with zero attached hydrogens (tertiary/aromatic N) is 3. The molecule has 0 unspecified atom stereocenters. The Bertz CT molecular complexity index is 1180. The van der Waals surface area contributed by atoms with Crippen molar-refractivity contribution in [3.63, 3.8) is 0 Å². The van der Waals surface area contributed by atoms with E-state index in [2.05, 4.69) is 31.0 Å². The van der Waals surface area contributed by atoms with E-state index in [1.165, 1.54) is 0 Å². The van der Waals surface area contributed by atoms with Gasteiger partial charge in [-0.2, -0.15) is 0 Å². The van der Waals surface area contributed by atoms with Crippen LogP contribution in [0.3, 0.4) is 0 Å². The molecular formula is C26H27N3O2S. The van der Waals surface area contributed by atoms with Gasteiger partial charge in [-0.05, 0) is 61.7 Å². The third-order valence-electron chi connectivity index (χ3n) is 5.30. The van der Waals surface area contributed by atoms with E-state index in [1.807, 2.05) is 49.4 Å². The molecule has 4 rings (SSSR count). The maximum Gasteiger partial charge on any atom is 0.260 e. The summed E-state index contributed by atoms with van der Waals surface area (Å²) in [6, 6.07) is 17.3.